The van der Waals surface area contributed by atoms with Crippen LogP contribution in [0, 0.1) is 0 Å². The SMILES string of the molecule is OB(O)c1cc(Cl)ccc1Br. The second-order valence-corrected chi connectivity index (χ2v) is 3.33. The molecule has 0 atom stereocenters. The standard InChI is InChI=1S/C6H5BBrClO2/c8-6-2-1-4(9)3-5(6)7(10)11/h1-3,10-11H. The molecule has 1 rings (SSSR count). The lowest BCUT2D eigenvalue weighted by Crippen LogP contribution is -2.30. The summed E-state index contributed by atoms with van der Waals surface area (Å²) in [6.07, 6.45) is 0. The van der Waals surface area contributed by atoms with Crippen LogP contribution in [0.5, 0.6) is 0 Å². The lowest BCUT2D eigenvalue weighted by molar-refractivity contribution is 0.425. The summed E-state index contributed by atoms with van der Waals surface area (Å²) < 4.78 is 0.636. The second-order valence-electron chi connectivity index (χ2n) is 2.04. The summed E-state index contributed by atoms with van der Waals surface area (Å²) in [4.78, 5) is 0. The van der Waals surface area contributed by atoms with Gasteiger partial charge in [0.25, 0.3) is 0 Å². The summed E-state index contributed by atoms with van der Waals surface area (Å²) >= 11 is 8.77. The first-order valence-corrected chi connectivity index (χ1v) is 4.09. The summed E-state index contributed by atoms with van der Waals surface area (Å²) in [6, 6.07) is 4.82. The highest BCUT2D eigenvalue weighted by Crippen LogP contribution is 2.12. The van der Waals surface area contributed by atoms with Crippen molar-refractivity contribution in [2.45, 2.75) is 0 Å². The zero-order valence-electron chi connectivity index (χ0n) is 5.46. The van der Waals surface area contributed by atoms with Gasteiger partial charge in [0.2, 0.25) is 0 Å². The van der Waals surface area contributed by atoms with Crippen molar-refractivity contribution in [3.8, 4) is 0 Å². The first-order valence-electron chi connectivity index (χ1n) is 2.92. The summed E-state index contributed by atoms with van der Waals surface area (Å²) in [5.41, 5.74) is 0.373. The normalized spacial score (nSPS) is 9.82. The van der Waals surface area contributed by atoms with Gasteiger partial charge in [-0.15, -0.1) is 0 Å². The fourth-order valence-corrected chi connectivity index (χ4v) is 1.34. The highest BCUT2D eigenvalue weighted by molar-refractivity contribution is 9.10. The van der Waals surface area contributed by atoms with E-state index >= 15 is 0 Å². The minimum atomic E-state index is -1.48. The van der Waals surface area contributed by atoms with Crippen molar-refractivity contribution in [1.29, 1.82) is 0 Å². The Kier molecular flexibility index (Phi) is 2.95. The number of hydrogen-bond acceptors (Lipinski definition) is 2. The van der Waals surface area contributed by atoms with Crippen molar-refractivity contribution in [1.82, 2.24) is 0 Å². The Morgan fingerprint density at radius 3 is 2.45 bits per heavy atom. The lowest BCUT2D eigenvalue weighted by atomic mass is 9.80. The quantitative estimate of drug-likeness (QED) is 0.706. The van der Waals surface area contributed by atoms with Crippen LogP contribution >= 0.6 is 27.5 Å². The molecule has 0 aliphatic carbocycles. The molecule has 58 valence electrons. The Morgan fingerprint density at radius 1 is 1.36 bits per heavy atom. The maximum absolute atomic E-state index is 8.80. The molecule has 0 heterocycles. The molecule has 0 radical (unpaired) electrons. The molecule has 0 aromatic heterocycles. The minimum Gasteiger partial charge on any atom is -0.423 e. The van der Waals surface area contributed by atoms with Crippen LogP contribution < -0.4 is 5.46 Å². The van der Waals surface area contributed by atoms with Gasteiger partial charge in [-0.1, -0.05) is 27.5 Å². The molecule has 1 aromatic rings. The highest BCUT2D eigenvalue weighted by Gasteiger charge is 2.14. The third kappa shape index (κ3) is 2.20. The van der Waals surface area contributed by atoms with Gasteiger partial charge in [-0.05, 0) is 23.7 Å². The molecular weight excluding hydrogens is 230 g/mol. The van der Waals surface area contributed by atoms with Crippen LogP contribution in [0.3, 0.4) is 0 Å². The number of hydrogen-bond donors (Lipinski definition) is 2. The molecular formula is C6H5BBrClO2. The Labute approximate surface area is 78.1 Å². The van der Waals surface area contributed by atoms with Gasteiger partial charge in [0.15, 0.2) is 0 Å². The van der Waals surface area contributed by atoms with Crippen LogP contribution in [0.4, 0.5) is 0 Å². The van der Waals surface area contributed by atoms with Crippen LogP contribution in [0.1, 0.15) is 0 Å². The van der Waals surface area contributed by atoms with Crippen molar-refractivity contribution in [3.05, 3.63) is 27.7 Å². The first-order chi connectivity index (χ1) is 5.11. The van der Waals surface area contributed by atoms with E-state index in [0.717, 1.165) is 0 Å². The van der Waals surface area contributed by atoms with E-state index in [1.54, 1.807) is 12.1 Å². The van der Waals surface area contributed by atoms with Gasteiger partial charge in [0.05, 0.1) is 0 Å². The summed E-state index contributed by atoms with van der Waals surface area (Å²) in [5.74, 6) is 0. The van der Waals surface area contributed by atoms with Crippen molar-refractivity contribution < 1.29 is 10.0 Å². The second kappa shape index (κ2) is 3.58. The van der Waals surface area contributed by atoms with E-state index in [0.29, 0.717) is 15.0 Å². The summed E-state index contributed by atoms with van der Waals surface area (Å²) in [6.45, 7) is 0. The van der Waals surface area contributed by atoms with E-state index in [-0.39, 0.29) is 0 Å². The Bertz CT molecular complexity index is 267. The molecule has 1 aromatic carbocycles. The summed E-state index contributed by atoms with van der Waals surface area (Å²) in [5, 5.41) is 18.1. The monoisotopic (exact) mass is 234 g/mol. The molecule has 0 saturated heterocycles. The molecule has 2 N–H and O–H groups in total. The van der Waals surface area contributed by atoms with Gasteiger partial charge < -0.3 is 10.0 Å². The van der Waals surface area contributed by atoms with Crippen molar-refractivity contribution >= 4 is 40.1 Å². The van der Waals surface area contributed by atoms with Crippen molar-refractivity contribution in [2.24, 2.45) is 0 Å². The zero-order valence-corrected chi connectivity index (χ0v) is 7.80. The molecule has 0 aliphatic heterocycles. The zero-order chi connectivity index (χ0) is 8.43. The maximum Gasteiger partial charge on any atom is 0.489 e. The third-order valence-corrected chi connectivity index (χ3v) is 2.19. The number of halogens is 2. The van der Waals surface area contributed by atoms with Crippen LogP contribution in [-0.4, -0.2) is 17.2 Å². The topological polar surface area (TPSA) is 40.5 Å². The number of rotatable bonds is 1. The largest absolute Gasteiger partial charge is 0.489 e. The Balaban J connectivity index is 3.13. The summed E-state index contributed by atoms with van der Waals surface area (Å²) in [7, 11) is -1.48. The molecule has 0 aliphatic rings. The van der Waals surface area contributed by atoms with Gasteiger partial charge in [-0.25, -0.2) is 0 Å². The molecule has 0 fully saturated rings. The molecule has 0 spiro atoms. The molecule has 0 bridgehead atoms. The van der Waals surface area contributed by atoms with Crippen LogP contribution in [-0.2, 0) is 0 Å². The molecule has 0 amide bonds. The van der Waals surface area contributed by atoms with Crippen LogP contribution in [0.15, 0.2) is 22.7 Å². The molecule has 11 heavy (non-hydrogen) atoms. The van der Waals surface area contributed by atoms with Crippen molar-refractivity contribution in [3.63, 3.8) is 0 Å². The van der Waals surface area contributed by atoms with Gasteiger partial charge in [-0.2, -0.15) is 0 Å². The predicted octanol–water partition coefficient (Wildman–Crippen LogP) is 0.782. The van der Waals surface area contributed by atoms with Crippen molar-refractivity contribution in [2.75, 3.05) is 0 Å². The van der Waals surface area contributed by atoms with Gasteiger partial charge in [0.1, 0.15) is 0 Å². The van der Waals surface area contributed by atoms with Gasteiger partial charge in [0, 0.05) is 9.50 Å². The smallest absolute Gasteiger partial charge is 0.423 e. The maximum atomic E-state index is 8.80. The van der Waals surface area contributed by atoms with Crippen LogP contribution in [0.2, 0.25) is 5.02 Å². The first kappa shape index (κ1) is 9.07. The Hall–Kier alpha value is -0.0251. The van der Waals surface area contributed by atoms with E-state index in [1.165, 1.54) is 6.07 Å². The van der Waals surface area contributed by atoms with E-state index in [2.05, 4.69) is 15.9 Å². The fourth-order valence-electron chi connectivity index (χ4n) is 0.712. The van der Waals surface area contributed by atoms with Crippen LogP contribution in [0.25, 0.3) is 0 Å². The van der Waals surface area contributed by atoms with Gasteiger partial charge >= 0.3 is 7.12 Å². The predicted molar refractivity (Wildman–Crippen MR) is 49.0 cm³/mol. The number of benzene rings is 1. The van der Waals surface area contributed by atoms with E-state index < -0.39 is 7.12 Å². The Morgan fingerprint density at radius 2 is 2.00 bits per heavy atom. The van der Waals surface area contributed by atoms with E-state index in [9.17, 15) is 0 Å². The average Bonchev–Trinajstić information content (AvgIpc) is 1.94. The minimum absolute atomic E-state index is 0.373. The highest BCUT2D eigenvalue weighted by atomic mass is 79.9. The van der Waals surface area contributed by atoms with E-state index in [1.807, 2.05) is 0 Å². The molecule has 2 nitrogen and oxygen atoms in total. The fraction of sp³-hybridized carbons (Fsp3) is 0. The molecule has 0 unspecified atom stereocenters. The molecule has 5 heteroatoms. The van der Waals surface area contributed by atoms with E-state index in [4.69, 9.17) is 21.6 Å². The molecule has 0 saturated carbocycles. The third-order valence-electron chi connectivity index (χ3n) is 1.24. The average molecular weight is 235 g/mol. The van der Waals surface area contributed by atoms with Gasteiger partial charge in [-0.3, -0.25) is 0 Å². The lowest BCUT2D eigenvalue weighted by Gasteiger charge is -2.01.